The van der Waals surface area contributed by atoms with Crippen LogP contribution in [0.2, 0.25) is 0 Å². The zero-order valence-electron chi connectivity index (χ0n) is 7.87. The summed E-state index contributed by atoms with van der Waals surface area (Å²) < 4.78 is 0. The molecule has 0 aliphatic rings. The summed E-state index contributed by atoms with van der Waals surface area (Å²) in [6.45, 7) is 3.51. The standard InChI is InChI=1S/C8H14N4O/c1-3-8(4-2,5-9)6(13)12-7(10)11/h3-4H2,1-2H3,(H4,10,11,12,13). The van der Waals surface area contributed by atoms with Crippen LogP contribution in [-0.2, 0) is 4.79 Å². The molecule has 0 aliphatic heterocycles. The predicted molar refractivity (Wildman–Crippen MR) is 49.4 cm³/mol. The predicted octanol–water partition coefficient (Wildman–Crippen LogP) is 0.116. The van der Waals surface area contributed by atoms with E-state index in [4.69, 9.17) is 16.7 Å². The van der Waals surface area contributed by atoms with Crippen molar-refractivity contribution in [2.75, 3.05) is 0 Å². The molecule has 0 heterocycles. The second kappa shape index (κ2) is 4.45. The summed E-state index contributed by atoms with van der Waals surface area (Å²) in [4.78, 5) is 14.8. The normalized spacial score (nSPS) is 10.2. The Balaban J connectivity index is 4.89. The van der Waals surface area contributed by atoms with Crippen molar-refractivity contribution in [3.05, 3.63) is 0 Å². The second-order valence-corrected chi connectivity index (χ2v) is 2.74. The lowest BCUT2D eigenvalue weighted by molar-refractivity contribution is -0.124. The van der Waals surface area contributed by atoms with E-state index in [0.29, 0.717) is 12.8 Å². The van der Waals surface area contributed by atoms with E-state index >= 15 is 0 Å². The van der Waals surface area contributed by atoms with Crippen molar-refractivity contribution < 1.29 is 4.79 Å². The van der Waals surface area contributed by atoms with Crippen LogP contribution >= 0.6 is 0 Å². The Bertz CT molecular complexity index is 256. The van der Waals surface area contributed by atoms with Crippen LogP contribution in [0.3, 0.4) is 0 Å². The fraction of sp³-hybridized carbons (Fsp3) is 0.625. The Morgan fingerprint density at radius 2 is 1.92 bits per heavy atom. The van der Waals surface area contributed by atoms with Crippen molar-refractivity contribution in [2.24, 2.45) is 21.9 Å². The van der Waals surface area contributed by atoms with Gasteiger partial charge in [0.1, 0.15) is 5.41 Å². The molecule has 5 nitrogen and oxygen atoms in total. The molecule has 0 aromatic heterocycles. The molecule has 0 radical (unpaired) electrons. The number of hydrogen-bond donors (Lipinski definition) is 2. The number of nitrogens with two attached hydrogens (primary N) is 2. The number of amides is 1. The van der Waals surface area contributed by atoms with E-state index < -0.39 is 11.3 Å². The van der Waals surface area contributed by atoms with Crippen molar-refractivity contribution in [1.82, 2.24) is 0 Å². The van der Waals surface area contributed by atoms with Gasteiger partial charge >= 0.3 is 0 Å². The van der Waals surface area contributed by atoms with Gasteiger partial charge in [0.2, 0.25) is 0 Å². The van der Waals surface area contributed by atoms with Gasteiger partial charge in [-0.15, -0.1) is 0 Å². The third-order valence-electron chi connectivity index (χ3n) is 2.06. The molecule has 0 aliphatic carbocycles. The Hall–Kier alpha value is -1.57. The van der Waals surface area contributed by atoms with Gasteiger partial charge in [0, 0.05) is 0 Å². The number of nitrogens with zero attached hydrogens (tertiary/aromatic N) is 2. The highest BCUT2D eigenvalue weighted by molar-refractivity contribution is 5.95. The van der Waals surface area contributed by atoms with Crippen LogP contribution in [0.25, 0.3) is 0 Å². The molecule has 4 N–H and O–H groups in total. The first-order chi connectivity index (χ1) is 6.02. The lowest BCUT2D eigenvalue weighted by atomic mass is 9.83. The number of guanidine groups is 1. The number of aliphatic imine (C=N–C) groups is 1. The van der Waals surface area contributed by atoms with Gasteiger partial charge in [-0.2, -0.15) is 10.3 Å². The Kier molecular flexibility index (Phi) is 3.92. The molecule has 0 spiro atoms. The second-order valence-electron chi connectivity index (χ2n) is 2.74. The van der Waals surface area contributed by atoms with Gasteiger partial charge in [-0.3, -0.25) is 4.79 Å². The monoisotopic (exact) mass is 182 g/mol. The maximum atomic E-state index is 11.4. The van der Waals surface area contributed by atoms with Gasteiger partial charge in [0.25, 0.3) is 5.91 Å². The molecule has 5 heteroatoms. The summed E-state index contributed by atoms with van der Waals surface area (Å²) in [5.41, 5.74) is 9.04. The van der Waals surface area contributed by atoms with Crippen LogP contribution < -0.4 is 11.5 Å². The number of hydrogen-bond acceptors (Lipinski definition) is 2. The zero-order valence-corrected chi connectivity index (χ0v) is 7.87. The van der Waals surface area contributed by atoms with Gasteiger partial charge in [-0.05, 0) is 12.8 Å². The van der Waals surface area contributed by atoms with Gasteiger partial charge < -0.3 is 11.5 Å². The van der Waals surface area contributed by atoms with Gasteiger partial charge in [-0.25, -0.2) is 0 Å². The first-order valence-electron chi connectivity index (χ1n) is 4.07. The molecule has 72 valence electrons. The minimum atomic E-state index is -1.07. The van der Waals surface area contributed by atoms with E-state index in [1.807, 2.05) is 6.07 Å². The fourth-order valence-corrected chi connectivity index (χ4v) is 0.983. The maximum Gasteiger partial charge on any atom is 0.269 e. The largest absolute Gasteiger partial charge is 0.370 e. The molecule has 0 unspecified atom stereocenters. The van der Waals surface area contributed by atoms with Crippen LogP contribution in [0, 0.1) is 16.7 Å². The van der Waals surface area contributed by atoms with Crippen LogP contribution in [-0.4, -0.2) is 11.9 Å². The van der Waals surface area contributed by atoms with Gasteiger partial charge in [0.15, 0.2) is 5.96 Å². The average molecular weight is 182 g/mol. The lowest BCUT2D eigenvalue weighted by Gasteiger charge is -2.18. The van der Waals surface area contributed by atoms with Crippen LogP contribution in [0.15, 0.2) is 4.99 Å². The smallest absolute Gasteiger partial charge is 0.269 e. The molecule has 0 saturated carbocycles. The highest BCUT2D eigenvalue weighted by atomic mass is 16.1. The number of nitriles is 1. The van der Waals surface area contributed by atoms with Crippen molar-refractivity contribution in [3.63, 3.8) is 0 Å². The van der Waals surface area contributed by atoms with Crippen LogP contribution in [0.4, 0.5) is 0 Å². The molecule has 13 heavy (non-hydrogen) atoms. The highest BCUT2D eigenvalue weighted by Crippen LogP contribution is 2.26. The molecule has 0 aromatic rings. The van der Waals surface area contributed by atoms with E-state index in [2.05, 4.69) is 4.99 Å². The third kappa shape index (κ3) is 2.44. The number of rotatable bonds is 3. The van der Waals surface area contributed by atoms with E-state index in [1.165, 1.54) is 0 Å². The SMILES string of the molecule is CCC(C#N)(CC)C(=O)N=C(N)N. The molecule has 0 fully saturated rings. The summed E-state index contributed by atoms with van der Waals surface area (Å²) in [5, 5.41) is 8.84. The minimum absolute atomic E-state index is 0.300. The van der Waals surface area contributed by atoms with Crippen molar-refractivity contribution >= 4 is 11.9 Å². The first kappa shape index (κ1) is 11.4. The Morgan fingerprint density at radius 1 is 1.46 bits per heavy atom. The van der Waals surface area contributed by atoms with E-state index in [9.17, 15) is 4.79 Å². The molecule has 0 aromatic carbocycles. The number of carbonyl (C=O) groups is 1. The maximum absolute atomic E-state index is 11.4. The summed E-state index contributed by atoms with van der Waals surface area (Å²) in [5.74, 6) is -0.855. The molecular weight excluding hydrogens is 168 g/mol. The van der Waals surface area contributed by atoms with Crippen molar-refractivity contribution in [1.29, 1.82) is 5.26 Å². The molecule has 0 rings (SSSR count). The minimum Gasteiger partial charge on any atom is -0.370 e. The van der Waals surface area contributed by atoms with Crippen molar-refractivity contribution in [2.45, 2.75) is 26.7 Å². The Labute approximate surface area is 77.4 Å². The molecule has 1 amide bonds. The highest BCUT2D eigenvalue weighted by Gasteiger charge is 2.34. The molecule has 0 atom stereocenters. The van der Waals surface area contributed by atoms with Gasteiger partial charge in [-0.1, -0.05) is 13.8 Å². The van der Waals surface area contributed by atoms with Gasteiger partial charge in [0.05, 0.1) is 6.07 Å². The Morgan fingerprint density at radius 3 is 2.15 bits per heavy atom. The summed E-state index contributed by atoms with van der Waals surface area (Å²) in [6, 6.07) is 1.95. The fourth-order valence-electron chi connectivity index (χ4n) is 0.983. The van der Waals surface area contributed by atoms with E-state index in [0.717, 1.165) is 0 Å². The summed E-state index contributed by atoms with van der Waals surface area (Å²) in [7, 11) is 0. The topological polar surface area (TPSA) is 105 Å². The average Bonchev–Trinajstić information content (AvgIpc) is 2.07. The summed E-state index contributed by atoms with van der Waals surface area (Å²) in [6.07, 6.45) is 0.825. The summed E-state index contributed by atoms with van der Waals surface area (Å²) >= 11 is 0. The third-order valence-corrected chi connectivity index (χ3v) is 2.06. The van der Waals surface area contributed by atoms with Crippen LogP contribution in [0.5, 0.6) is 0 Å². The first-order valence-corrected chi connectivity index (χ1v) is 4.07. The van der Waals surface area contributed by atoms with Crippen molar-refractivity contribution in [3.8, 4) is 6.07 Å². The van der Waals surface area contributed by atoms with Crippen LogP contribution in [0.1, 0.15) is 26.7 Å². The lowest BCUT2D eigenvalue weighted by Crippen LogP contribution is -2.31. The molecule has 0 saturated heterocycles. The molecule has 0 bridgehead atoms. The number of carbonyl (C=O) groups excluding carboxylic acids is 1. The molecular formula is C8H14N4O. The quantitative estimate of drug-likeness (QED) is 0.477. The van der Waals surface area contributed by atoms with E-state index in [1.54, 1.807) is 13.8 Å². The zero-order chi connectivity index (χ0) is 10.5. The van der Waals surface area contributed by atoms with E-state index in [-0.39, 0.29) is 5.96 Å².